The van der Waals surface area contributed by atoms with Crippen molar-refractivity contribution >= 4 is 0 Å². The molecule has 18 heavy (non-hydrogen) atoms. The summed E-state index contributed by atoms with van der Waals surface area (Å²) in [4.78, 5) is 8.39. The Hall–Kier alpha value is -1.68. The van der Waals surface area contributed by atoms with Gasteiger partial charge >= 0.3 is 0 Å². The van der Waals surface area contributed by atoms with Gasteiger partial charge in [-0.2, -0.15) is 0 Å². The van der Waals surface area contributed by atoms with Gasteiger partial charge in [0, 0.05) is 25.5 Å². The molecule has 0 amide bonds. The number of pyridine rings is 1. The van der Waals surface area contributed by atoms with Gasteiger partial charge in [0.1, 0.15) is 5.82 Å². The Morgan fingerprint density at radius 2 is 2.06 bits per heavy atom. The summed E-state index contributed by atoms with van der Waals surface area (Å²) < 4.78 is 2.15. The minimum atomic E-state index is 0.337. The van der Waals surface area contributed by atoms with Crippen molar-refractivity contribution in [2.75, 3.05) is 7.05 Å². The van der Waals surface area contributed by atoms with Gasteiger partial charge in [-0.1, -0.05) is 0 Å². The molecule has 1 atom stereocenters. The van der Waals surface area contributed by atoms with Crippen LogP contribution in [-0.2, 0) is 13.5 Å². The van der Waals surface area contributed by atoms with Crippen LogP contribution in [0.1, 0.15) is 29.5 Å². The summed E-state index contributed by atoms with van der Waals surface area (Å²) in [7, 11) is 4.06. The smallest absolute Gasteiger partial charge is 0.105 e. The Balaban J connectivity index is 2.04. The molecule has 1 N–H and O–H groups in total. The van der Waals surface area contributed by atoms with Crippen molar-refractivity contribution in [3.8, 4) is 0 Å². The number of rotatable bonds is 5. The van der Waals surface area contributed by atoms with Crippen molar-refractivity contribution < 1.29 is 0 Å². The third-order valence-electron chi connectivity index (χ3n) is 3.43. The molecule has 4 nitrogen and oxygen atoms in total. The molecular formula is C14H20N4. The van der Waals surface area contributed by atoms with Crippen molar-refractivity contribution in [3.05, 3.63) is 47.8 Å². The van der Waals surface area contributed by atoms with Crippen molar-refractivity contribution in [1.82, 2.24) is 19.9 Å². The van der Waals surface area contributed by atoms with E-state index < -0.39 is 0 Å². The van der Waals surface area contributed by atoms with Gasteiger partial charge < -0.3 is 9.88 Å². The highest BCUT2D eigenvalue weighted by molar-refractivity contribution is 5.13. The molecule has 0 saturated carbocycles. The van der Waals surface area contributed by atoms with E-state index in [9.17, 15) is 0 Å². The predicted octanol–water partition coefficient (Wildman–Crippen LogP) is 2.02. The first-order chi connectivity index (χ1) is 8.72. The Morgan fingerprint density at radius 3 is 2.61 bits per heavy atom. The highest BCUT2D eigenvalue weighted by Gasteiger charge is 2.14. The van der Waals surface area contributed by atoms with Gasteiger partial charge in [0.05, 0.1) is 11.9 Å². The van der Waals surface area contributed by atoms with Crippen molar-refractivity contribution in [2.24, 2.45) is 7.05 Å². The molecule has 2 aromatic rings. The van der Waals surface area contributed by atoms with Gasteiger partial charge in [0.25, 0.3) is 0 Å². The molecule has 2 rings (SSSR count). The maximum absolute atomic E-state index is 4.35. The summed E-state index contributed by atoms with van der Waals surface area (Å²) in [5.41, 5.74) is 2.56. The highest BCUT2D eigenvalue weighted by Crippen LogP contribution is 2.19. The molecule has 0 radical (unpaired) electrons. The normalized spacial score (nSPS) is 12.6. The zero-order valence-corrected chi connectivity index (χ0v) is 11.2. The minimum absolute atomic E-state index is 0.337. The van der Waals surface area contributed by atoms with Gasteiger partial charge in [-0.15, -0.1) is 0 Å². The second-order valence-electron chi connectivity index (χ2n) is 4.52. The molecule has 0 fully saturated rings. The van der Waals surface area contributed by atoms with E-state index in [0.29, 0.717) is 6.04 Å². The molecule has 4 heteroatoms. The largest absolute Gasteiger partial charge is 0.334 e. The number of imidazole rings is 1. The molecule has 96 valence electrons. The fourth-order valence-corrected chi connectivity index (χ4v) is 2.14. The van der Waals surface area contributed by atoms with Gasteiger partial charge in [-0.25, -0.2) is 4.98 Å². The number of nitrogens with zero attached hydrogens (tertiary/aromatic N) is 3. The Kier molecular flexibility index (Phi) is 4.10. The Bertz CT molecular complexity index is 490. The first kappa shape index (κ1) is 12.8. The molecule has 2 aromatic heterocycles. The van der Waals surface area contributed by atoms with Crippen LogP contribution in [0.4, 0.5) is 0 Å². The van der Waals surface area contributed by atoms with Crippen molar-refractivity contribution in [3.63, 3.8) is 0 Å². The van der Waals surface area contributed by atoms with Crippen LogP contribution < -0.4 is 5.32 Å². The van der Waals surface area contributed by atoms with Gasteiger partial charge in [-0.05, 0) is 44.5 Å². The highest BCUT2D eigenvalue weighted by atomic mass is 15.1. The average Bonchev–Trinajstić information content (AvgIpc) is 2.73. The van der Waals surface area contributed by atoms with E-state index in [1.54, 1.807) is 0 Å². The molecule has 0 aromatic carbocycles. The van der Waals surface area contributed by atoms with Gasteiger partial charge in [-0.3, -0.25) is 4.98 Å². The summed E-state index contributed by atoms with van der Waals surface area (Å²) in [6.07, 6.45) is 7.75. The molecule has 2 heterocycles. The lowest BCUT2D eigenvalue weighted by molar-refractivity contribution is 0.517. The summed E-state index contributed by atoms with van der Waals surface area (Å²) in [6.45, 7) is 2.03. The maximum Gasteiger partial charge on any atom is 0.105 e. The van der Waals surface area contributed by atoms with E-state index in [-0.39, 0.29) is 0 Å². The molecule has 1 unspecified atom stereocenters. The topological polar surface area (TPSA) is 42.7 Å². The molecular weight excluding hydrogens is 224 g/mol. The van der Waals surface area contributed by atoms with Crippen molar-refractivity contribution in [1.29, 1.82) is 0 Å². The van der Waals surface area contributed by atoms with E-state index in [4.69, 9.17) is 0 Å². The van der Waals surface area contributed by atoms with Crippen LogP contribution in [0.15, 0.2) is 30.7 Å². The van der Waals surface area contributed by atoms with E-state index in [1.807, 2.05) is 32.6 Å². The van der Waals surface area contributed by atoms with Gasteiger partial charge in [0.2, 0.25) is 0 Å². The van der Waals surface area contributed by atoms with Crippen LogP contribution in [0, 0.1) is 6.92 Å². The second kappa shape index (κ2) is 5.78. The predicted molar refractivity (Wildman–Crippen MR) is 72.3 cm³/mol. The lowest BCUT2D eigenvalue weighted by Gasteiger charge is -2.17. The van der Waals surface area contributed by atoms with Crippen LogP contribution >= 0.6 is 0 Å². The monoisotopic (exact) mass is 244 g/mol. The van der Waals surface area contributed by atoms with Crippen LogP contribution in [0.25, 0.3) is 0 Å². The standard InChI is InChI=1S/C14H20N4/c1-11-17-10-14(18(11)3)13(15-2)5-4-12-6-8-16-9-7-12/h6-10,13,15H,4-5H2,1-3H3. The molecule has 0 aliphatic carbocycles. The van der Waals surface area contributed by atoms with Crippen molar-refractivity contribution in [2.45, 2.75) is 25.8 Å². The van der Waals surface area contributed by atoms with Crippen LogP contribution in [-0.4, -0.2) is 21.6 Å². The summed E-state index contributed by atoms with van der Waals surface area (Å²) in [6, 6.07) is 4.48. The zero-order chi connectivity index (χ0) is 13.0. The number of nitrogens with one attached hydrogen (secondary N) is 1. The van der Waals surface area contributed by atoms with Crippen LogP contribution in [0.5, 0.6) is 0 Å². The van der Waals surface area contributed by atoms with Gasteiger partial charge in [0.15, 0.2) is 0 Å². The first-order valence-corrected chi connectivity index (χ1v) is 6.26. The third kappa shape index (κ3) is 2.76. The number of hydrogen-bond donors (Lipinski definition) is 1. The van der Waals surface area contributed by atoms with Crippen LogP contribution in [0.2, 0.25) is 0 Å². The summed E-state index contributed by atoms with van der Waals surface area (Å²) in [5.74, 6) is 1.05. The van der Waals surface area contributed by atoms with Crippen LogP contribution in [0.3, 0.4) is 0 Å². The lowest BCUT2D eigenvalue weighted by Crippen LogP contribution is -2.20. The number of hydrogen-bond acceptors (Lipinski definition) is 3. The number of aromatic nitrogens is 3. The van der Waals surface area contributed by atoms with E-state index in [1.165, 1.54) is 11.3 Å². The fourth-order valence-electron chi connectivity index (χ4n) is 2.14. The summed E-state index contributed by atoms with van der Waals surface area (Å²) >= 11 is 0. The molecule has 0 spiro atoms. The first-order valence-electron chi connectivity index (χ1n) is 6.26. The second-order valence-corrected chi connectivity index (χ2v) is 4.52. The zero-order valence-electron chi connectivity index (χ0n) is 11.2. The average molecular weight is 244 g/mol. The quantitative estimate of drug-likeness (QED) is 0.875. The maximum atomic E-state index is 4.35. The minimum Gasteiger partial charge on any atom is -0.334 e. The molecule has 0 saturated heterocycles. The SMILES string of the molecule is CNC(CCc1ccncc1)c1cnc(C)n1C. The fraction of sp³-hybridized carbons (Fsp3) is 0.429. The molecule has 0 bridgehead atoms. The van der Waals surface area contributed by atoms with E-state index >= 15 is 0 Å². The molecule has 0 aliphatic heterocycles. The summed E-state index contributed by atoms with van der Waals surface area (Å²) in [5, 5.41) is 3.37. The van der Waals surface area contributed by atoms with E-state index in [0.717, 1.165) is 18.7 Å². The molecule has 0 aliphatic rings. The Labute approximate surface area is 108 Å². The number of aryl methyl sites for hydroxylation is 2. The third-order valence-corrected chi connectivity index (χ3v) is 3.43. The van der Waals surface area contributed by atoms with E-state index in [2.05, 4.69) is 39.0 Å². The Morgan fingerprint density at radius 1 is 1.33 bits per heavy atom. The lowest BCUT2D eigenvalue weighted by atomic mass is 10.0.